The normalized spacial score (nSPS) is 11.1. The lowest BCUT2D eigenvalue weighted by atomic mass is 10.2. The third kappa shape index (κ3) is 3.24. The number of benzene rings is 2. The number of rotatable bonds is 4. The van der Waals surface area contributed by atoms with Gasteiger partial charge in [-0.2, -0.15) is 0 Å². The van der Waals surface area contributed by atoms with E-state index >= 15 is 0 Å². The first-order valence-corrected chi connectivity index (χ1v) is 8.84. The highest BCUT2D eigenvalue weighted by Crippen LogP contribution is 2.25. The number of nitrogens with zero attached hydrogens (tertiary/aromatic N) is 2. The second kappa shape index (κ2) is 6.43. The van der Waals surface area contributed by atoms with Gasteiger partial charge in [0.05, 0.1) is 17.6 Å². The molecule has 0 fully saturated rings. The van der Waals surface area contributed by atoms with Gasteiger partial charge in [-0.1, -0.05) is 23.2 Å². The molecule has 120 valence electrons. The second-order valence-electron chi connectivity index (χ2n) is 5.26. The fraction of sp³-hybridized carbons (Fsp3) is 0.0588. The largest absolute Gasteiger partial charge is 0.380 e. The summed E-state index contributed by atoms with van der Waals surface area (Å²) >= 11 is 13.3. The van der Waals surface area contributed by atoms with E-state index < -0.39 is 0 Å². The molecule has 2 N–H and O–H groups in total. The van der Waals surface area contributed by atoms with E-state index in [1.54, 1.807) is 6.20 Å². The van der Waals surface area contributed by atoms with Gasteiger partial charge in [0.25, 0.3) is 0 Å². The Morgan fingerprint density at radius 1 is 1.08 bits per heavy atom. The second-order valence-corrected chi connectivity index (χ2v) is 7.39. The lowest BCUT2D eigenvalue weighted by Gasteiger charge is -2.03. The van der Waals surface area contributed by atoms with Gasteiger partial charge < -0.3 is 10.3 Å². The molecule has 0 saturated heterocycles. The van der Waals surface area contributed by atoms with Crippen molar-refractivity contribution in [2.24, 2.45) is 0 Å². The van der Waals surface area contributed by atoms with Crippen LogP contribution in [0.3, 0.4) is 0 Å². The minimum atomic E-state index is 0.559. The molecule has 2 aromatic heterocycles. The first kappa shape index (κ1) is 15.4. The average molecular weight is 375 g/mol. The predicted octanol–water partition coefficient (Wildman–Crippen LogP) is 5.61. The van der Waals surface area contributed by atoms with Gasteiger partial charge in [-0.3, -0.25) is 0 Å². The minimum Gasteiger partial charge on any atom is -0.380 e. The molecule has 0 amide bonds. The predicted molar refractivity (Wildman–Crippen MR) is 101 cm³/mol. The number of aromatic nitrogens is 3. The van der Waals surface area contributed by atoms with Gasteiger partial charge in [0.15, 0.2) is 4.47 Å². The van der Waals surface area contributed by atoms with Crippen LogP contribution in [-0.4, -0.2) is 15.0 Å². The number of nitrogens with one attached hydrogen (secondary N) is 2. The van der Waals surface area contributed by atoms with Gasteiger partial charge in [-0.25, -0.2) is 9.97 Å². The molecule has 0 spiro atoms. The Morgan fingerprint density at radius 2 is 1.92 bits per heavy atom. The van der Waals surface area contributed by atoms with Crippen LogP contribution < -0.4 is 5.32 Å². The smallest absolute Gasteiger partial charge is 0.183 e. The molecule has 0 atom stereocenters. The summed E-state index contributed by atoms with van der Waals surface area (Å²) in [6.45, 7) is 0.689. The summed E-state index contributed by atoms with van der Waals surface area (Å²) < 4.78 is 0.559. The Hall–Kier alpha value is -2.08. The monoisotopic (exact) mass is 374 g/mol. The van der Waals surface area contributed by atoms with E-state index in [2.05, 4.69) is 20.3 Å². The third-order valence-electron chi connectivity index (χ3n) is 3.59. The molecule has 24 heavy (non-hydrogen) atoms. The van der Waals surface area contributed by atoms with E-state index in [0.29, 0.717) is 16.0 Å². The number of fused-ring (bicyclic) bond motifs is 1. The lowest BCUT2D eigenvalue weighted by Crippen LogP contribution is -1.96. The zero-order valence-electron chi connectivity index (χ0n) is 12.4. The van der Waals surface area contributed by atoms with E-state index in [-0.39, 0.29) is 0 Å². The maximum absolute atomic E-state index is 5.93. The number of thiazole rings is 1. The van der Waals surface area contributed by atoms with Crippen molar-refractivity contribution in [3.05, 3.63) is 63.0 Å². The summed E-state index contributed by atoms with van der Waals surface area (Å²) in [7, 11) is 0. The van der Waals surface area contributed by atoms with Gasteiger partial charge in [-0.15, -0.1) is 11.3 Å². The number of anilines is 1. The molecule has 2 heterocycles. The summed E-state index contributed by atoms with van der Waals surface area (Å²) in [6, 6.07) is 13.7. The molecule has 4 nitrogen and oxygen atoms in total. The third-order valence-corrected chi connectivity index (χ3v) is 4.96. The summed E-state index contributed by atoms with van der Waals surface area (Å²) in [4.78, 5) is 13.1. The van der Waals surface area contributed by atoms with Crippen LogP contribution in [0, 0.1) is 0 Å². The van der Waals surface area contributed by atoms with Crippen LogP contribution in [0.25, 0.3) is 22.4 Å². The number of halogens is 2. The van der Waals surface area contributed by atoms with Crippen molar-refractivity contribution >= 4 is 51.3 Å². The van der Waals surface area contributed by atoms with E-state index in [1.807, 2.05) is 42.5 Å². The number of H-pyrrole nitrogens is 1. The van der Waals surface area contributed by atoms with E-state index in [0.717, 1.165) is 33.0 Å². The van der Waals surface area contributed by atoms with Gasteiger partial charge in [-0.05, 0) is 42.5 Å². The van der Waals surface area contributed by atoms with E-state index in [9.17, 15) is 0 Å². The molecule has 7 heteroatoms. The summed E-state index contributed by atoms with van der Waals surface area (Å²) in [6.07, 6.45) is 1.79. The number of hydrogen-bond donors (Lipinski definition) is 2. The Bertz CT molecular complexity index is 991. The Labute approximate surface area is 152 Å². The van der Waals surface area contributed by atoms with Crippen molar-refractivity contribution in [3.8, 4) is 11.4 Å². The zero-order chi connectivity index (χ0) is 16.5. The van der Waals surface area contributed by atoms with Crippen LogP contribution in [0.4, 0.5) is 5.69 Å². The zero-order valence-corrected chi connectivity index (χ0v) is 14.7. The molecule has 0 saturated carbocycles. The van der Waals surface area contributed by atoms with Crippen LogP contribution in [0.1, 0.15) is 4.88 Å². The fourth-order valence-corrected chi connectivity index (χ4v) is 3.46. The quantitative estimate of drug-likeness (QED) is 0.488. The van der Waals surface area contributed by atoms with Crippen molar-refractivity contribution in [3.63, 3.8) is 0 Å². The van der Waals surface area contributed by atoms with Gasteiger partial charge in [0, 0.05) is 27.3 Å². The minimum absolute atomic E-state index is 0.559. The van der Waals surface area contributed by atoms with Crippen LogP contribution >= 0.6 is 34.5 Å². The molecule has 4 aromatic rings. The van der Waals surface area contributed by atoms with Crippen molar-refractivity contribution in [1.29, 1.82) is 0 Å². The molecule has 0 bridgehead atoms. The Balaban J connectivity index is 1.57. The van der Waals surface area contributed by atoms with Gasteiger partial charge in [0.2, 0.25) is 0 Å². The highest BCUT2D eigenvalue weighted by atomic mass is 35.5. The average Bonchev–Trinajstić information content (AvgIpc) is 3.19. The van der Waals surface area contributed by atoms with E-state index in [1.165, 1.54) is 11.3 Å². The lowest BCUT2D eigenvalue weighted by molar-refractivity contribution is 1.18. The topological polar surface area (TPSA) is 53.6 Å². The molecule has 0 unspecified atom stereocenters. The Kier molecular flexibility index (Phi) is 4.14. The highest BCUT2D eigenvalue weighted by Gasteiger charge is 2.06. The molecule has 0 aliphatic rings. The highest BCUT2D eigenvalue weighted by molar-refractivity contribution is 7.15. The van der Waals surface area contributed by atoms with Crippen molar-refractivity contribution in [2.75, 3.05) is 5.32 Å². The number of hydrogen-bond acceptors (Lipinski definition) is 4. The summed E-state index contributed by atoms with van der Waals surface area (Å²) in [5.74, 6) is 0.827. The SMILES string of the molecule is Clc1ccc(-c2nc3ccc(NCc4cnc(Cl)s4)cc3[nH]2)cc1. The van der Waals surface area contributed by atoms with Crippen LogP contribution in [0.2, 0.25) is 9.49 Å². The number of imidazole rings is 1. The van der Waals surface area contributed by atoms with Crippen molar-refractivity contribution < 1.29 is 0 Å². The Morgan fingerprint density at radius 3 is 2.67 bits per heavy atom. The van der Waals surface area contributed by atoms with Gasteiger partial charge in [0.1, 0.15) is 5.82 Å². The molecule has 0 radical (unpaired) electrons. The van der Waals surface area contributed by atoms with Gasteiger partial charge >= 0.3 is 0 Å². The van der Waals surface area contributed by atoms with Crippen molar-refractivity contribution in [2.45, 2.75) is 6.54 Å². The molecule has 4 rings (SSSR count). The molecule has 0 aliphatic heterocycles. The molecule has 0 aliphatic carbocycles. The molecular formula is C17H12Cl2N4S. The van der Waals surface area contributed by atoms with Crippen LogP contribution in [-0.2, 0) is 6.54 Å². The molecular weight excluding hydrogens is 363 g/mol. The first-order chi connectivity index (χ1) is 11.7. The first-order valence-electron chi connectivity index (χ1n) is 7.27. The maximum atomic E-state index is 5.93. The molecule has 2 aromatic carbocycles. The van der Waals surface area contributed by atoms with Crippen molar-refractivity contribution in [1.82, 2.24) is 15.0 Å². The van der Waals surface area contributed by atoms with Crippen LogP contribution in [0.5, 0.6) is 0 Å². The number of aromatic amines is 1. The summed E-state index contributed by atoms with van der Waals surface area (Å²) in [5.41, 5.74) is 3.92. The van der Waals surface area contributed by atoms with Crippen LogP contribution in [0.15, 0.2) is 48.7 Å². The maximum Gasteiger partial charge on any atom is 0.183 e. The summed E-state index contributed by atoms with van der Waals surface area (Å²) in [5, 5.41) is 4.08. The van der Waals surface area contributed by atoms with E-state index in [4.69, 9.17) is 23.2 Å². The standard InChI is InChI=1S/C17H12Cl2N4S/c18-11-3-1-10(2-4-11)16-22-14-6-5-12(7-15(14)23-16)20-8-13-9-21-17(19)24-13/h1-7,9,20H,8H2,(H,22,23). The fourth-order valence-electron chi connectivity index (χ4n) is 2.42.